The molecule has 0 radical (unpaired) electrons. The second kappa shape index (κ2) is 7.81. The van der Waals surface area contributed by atoms with Crippen LogP contribution in [0.1, 0.15) is 42.1 Å². The third kappa shape index (κ3) is 3.54. The van der Waals surface area contributed by atoms with Crippen molar-refractivity contribution in [1.82, 2.24) is 19.5 Å². The van der Waals surface area contributed by atoms with Crippen molar-refractivity contribution in [1.29, 1.82) is 0 Å². The van der Waals surface area contributed by atoms with E-state index in [2.05, 4.69) is 43.0 Å². The van der Waals surface area contributed by atoms with Gasteiger partial charge < -0.3 is 10.8 Å². The zero-order valence-electron chi connectivity index (χ0n) is 15.5. The lowest BCUT2D eigenvalue weighted by molar-refractivity contribution is -0.123. The fourth-order valence-corrected chi connectivity index (χ4v) is 5.32. The minimum atomic E-state index is -0.229. The van der Waals surface area contributed by atoms with Gasteiger partial charge in [-0.15, -0.1) is 5.10 Å². The maximum absolute atomic E-state index is 11.6. The number of thiazole rings is 1. The molecule has 3 N–H and O–H groups in total. The number of aryl methyl sites for hydroxylation is 1. The summed E-state index contributed by atoms with van der Waals surface area (Å²) in [6.07, 6.45) is 2.17. The molecule has 9 heteroatoms. The van der Waals surface area contributed by atoms with Crippen LogP contribution < -0.4 is 5.73 Å². The molecule has 1 aliphatic rings. The first-order valence-corrected chi connectivity index (χ1v) is 10.9. The zero-order valence-corrected chi connectivity index (χ0v) is 17.9. The van der Waals surface area contributed by atoms with Crippen molar-refractivity contribution in [3.63, 3.8) is 0 Å². The van der Waals surface area contributed by atoms with Gasteiger partial charge in [-0.2, -0.15) is 4.52 Å². The molecule has 1 unspecified atom stereocenters. The first-order chi connectivity index (χ1) is 13.5. The number of halogens is 1. The van der Waals surface area contributed by atoms with Crippen LogP contribution in [-0.4, -0.2) is 43.6 Å². The molecule has 3 heterocycles. The van der Waals surface area contributed by atoms with Crippen molar-refractivity contribution in [3.8, 4) is 5.88 Å². The van der Waals surface area contributed by atoms with Gasteiger partial charge in [0.15, 0.2) is 5.82 Å². The molecule has 148 valence electrons. The summed E-state index contributed by atoms with van der Waals surface area (Å²) in [5, 5.41) is 15.3. The Hall–Kier alpha value is -1.97. The molecule has 0 aliphatic carbocycles. The number of carbonyl (C=O) groups is 1. The highest BCUT2D eigenvalue weighted by molar-refractivity contribution is 9.10. The lowest BCUT2D eigenvalue weighted by Gasteiger charge is -2.36. The van der Waals surface area contributed by atoms with Crippen LogP contribution in [0.3, 0.4) is 0 Å². The van der Waals surface area contributed by atoms with Crippen LogP contribution >= 0.6 is 27.3 Å². The van der Waals surface area contributed by atoms with Crippen molar-refractivity contribution >= 4 is 38.1 Å². The predicted molar refractivity (Wildman–Crippen MR) is 111 cm³/mol. The molecular weight excluding hydrogens is 442 g/mol. The second-order valence-corrected chi connectivity index (χ2v) is 8.96. The van der Waals surface area contributed by atoms with Crippen LogP contribution in [0, 0.1) is 5.92 Å². The van der Waals surface area contributed by atoms with Crippen LogP contribution in [0.25, 0.3) is 4.96 Å². The van der Waals surface area contributed by atoms with Crippen molar-refractivity contribution in [2.75, 3.05) is 13.1 Å². The first-order valence-electron chi connectivity index (χ1n) is 9.34. The van der Waals surface area contributed by atoms with Crippen molar-refractivity contribution in [2.45, 2.75) is 32.2 Å². The highest BCUT2D eigenvalue weighted by atomic mass is 79.9. The second-order valence-electron chi connectivity index (χ2n) is 7.04. The minimum Gasteiger partial charge on any atom is -0.492 e. The smallest absolute Gasteiger partial charge is 0.230 e. The first kappa shape index (κ1) is 19.4. The SMILES string of the molecule is CCc1nc2sc(C(c3cccc(Br)c3)N3CCC(C(N)=O)CC3)c(O)n2n1. The van der Waals surface area contributed by atoms with E-state index in [4.69, 9.17) is 5.73 Å². The third-order valence-corrected chi connectivity index (χ3v) is 6.84. The summed E-state index contributed by atoms with van der Waals surface area (Å²) in [6, 6.07) is 7.96. The summed E-state index contributed by atoms with van der Waals surface area (Å²) in [6.45, 7) is 3.46. The summed E-state index contributed by atoms with van der Waals surface area (Å²) < 4.78 is 2.51. The van der Waals surface area contributed by atoms with Gasteiger partial charge in [-0.1, -0.05) is 46.3 Å². The predicted octanol–water partition coefficient (Wildman–Crippen LogP) is 3.11. The number of fused-ring (bicyclic) bond motifs is 1. The number of aromatic hydroxyl groups is 1. The number of carbonyl (C=O) groups excluding carboxylic acids is 1. The molecule has 1 aliphatic heterocycles. The molecule has 1 saturated heterocycles. The number of likely N-dealkylation sites (tertiary alicyclic amines) is 1. The number of aromatic nitrogens is 3. The van der Waals surface area contributed by atoms with Gasteiger partial charge in [0.25, 0.3) is 0 Å². The van der Waals surface area contributed by atoms with Gasteiger partial charge in [0.05, 0.1) is 10.9 Å². The Kier molecular flexibility index (Phi) is 5.39. The van der Waals surface area contributed by atoms with Gasteiger partial charge in [0.2, 0.25) is 16.7 Å². The summed E-state index contributed by atoms with van der Waals surface area (Å²) in [5.41, 5.74) is 6.57. The number of rotatable bonds is 5. The zero-order chi connectivity index (χ0) is 19.8. The molecule has 1 atom stereocenters. The normalized spacial score (nSPS) is 17.2. The summed E-state index contributed by atoms with van der Waals surface area (Å²) >= 11 is 5.01. The van der Waals surface area contributed by atoms with Crippen LogP contribution in [0.15, 0.2) is 28.7 Å². The molecule has 2 aromatic heterocycles. The number of piperidine rings is 1. The number of hydrogen-bond donors (Lipinski definition) is 2. The van der Waals surface area contributed by atoms with Crippen LogP contribution in [0.4, 0.5) is 0 Å². The molecule has 28 heavy (non-hydrogen) atoms. The van der Waals surface area contributed by atoms with E-state index in [1.165, 1.54) is 15.9 Å². The topological polar surface area (TPSA) is 96.8 Å². The molecule has 0 bridgehead atoms. The average molecular weight is 464 g/mol. The largest absolute Gasteiger partial charge is 0.492 e. The molecule has 1 amide bonds. The van der Waals surface area contributed by atoms with E-state index in [1.807, 2.05) is 19.1 Å². The van der Waals surface area contributed by atoms with E-state index in [-0.39, 0.29) is 23.7 Å². The Bertz CT molecular complexity index is 1010. The van der Waals surface area contributed by atoms with Gasteiger partial charge in [-0.3, -0.25) is 9.69 Å². The molecule has 3 aromatic rings. The van der Waals surface area contributed by atoms with E-state index in [9.17, 15) is 9.90 Å². The Balaban J connectivity index is 1.74. The lowest BCUT2D eigenvalue weighted by atomic mass is 9.93. The number of nitrogens with two attached hydrogens (primary N) is 1. The van der Waals surface area contributed by atoms with E-state index in [0.29, 0.717) is 4.96 Å². The van der Waals surface area contributed by atoms with Gasteiger partial charge >= 0.3 is 0 Å². The van der Waals surface area contributed by atoms with Crippen LogP contribution in [0.2, 0.25) is 0 Å². The number of nitrogens with zero attached hydrogens (tertiary/aromatic N) is 4. The van der Waals surface area contributed by atoms with Gasteiger partial charge in [-0.25, -0.2) is 4.98 Å². The number of primary amides is 1. The summed E-state index contributed by atoms with van der Waals surface area (Å²) in [5.74, 6) is 0.540. The molecule has 0 saturated carbocycles. The van der Waals surface area contributed by atoms with Gasteiger partial charge in [0, 0.05) is 16.8 Å². The van der Waals surface area contributed by atoms with Crippen molar-refractivity contribution < 1.29 is 9.90 Å². The average Bonchev–Trinajstić information content (AvgIpc) is 3.22. The van der Waals surface area contributed by atoms with Crippen LogP contribution in [0.5, 0.6) is 5.88 Å². The molecule has 4 rings (SSSR count). The summed E-state index contributed by atoms with van der Waals surface area (Å²) in [4.78, 5) is 19.9. The van der Waals surface area contributed by atoms with E-state index < -0.39 is 0 Å². The summed E-state index contributed by atoms with van der Waals surface area (Å²) in [7, 11) is 0. The molecular formula is C19H22BrN5O2S. The van der Waals surface area contributed by atoms with E-state index >= 15 is 0 Å². The standard InChI is InChI=1S/C19H22BrN5O2S/c1-2-14-22-19-25(23-14)18(27)16(28-19)15(12-4-3-5-13(20)10-12)24-8-6-11(7-9-24)17(21)26/h3-5,10-11,15,27H,2,6-9H2,1H3,(H2,21,26). The fraction of sp³-hybridized carbons (Fsp3) is 0.421. The Labute approximate surface area is 175 Å². The highest BCUT2D eigenvalue weighted by Gasteiger charge is 2.33. The molecule has 1 fully saturated rings. The highest BCUT2D eigenvalue weighted by Crippen LogP contribution is 2.41. The quantitative estimate of drug-likeness (QED) is 0.605. The Morgan fingerprint density at radius 3 is 2.79 bits per heavy atom. The Morgan fingerprint density at radius 1 is 1.43 bits per heavy atom. The number of amides is 1. The molecule has 0 spiro atoms. The van der Waals surface area contributed by atoms with Crippen molar-refractivity contribution in [3.05, 3.63) is 45.0 Å². The minimum absolute atomic E-state index is 0.0811. The van der Waals surface area contributed by atoms with Gasteiger partial charge in [0.1, 0.15) is 0 Å². The number of hydrogen-bond acceptors (Lipinski definition) is 6. The lowest BCUT2D eigenvalue weighted by Crippen LogP contribution is -2.40. The van der Waals surface area contributed by atoms with E-state index in [0.717, 1.165) is 53.1 Å². The Morgan fingerprint density at radius 2 is 2.18 bits per heavy atom. The fourth-order valence-electron chi connectivity index (χ4n) is 3.77. The maximum Gasteiger partial charge on any atom is 0.230 e. The third-order valence-electron chi connectivity index (χ3n) is 5.27. The number of benzene rings is 1. The molecule has 1 aromatic carbocycles. The van der Waals surface area contributed by atoms with Crippen molar-refractivity contribution in [2.24, 2.45) is 11.7 Å². The maximum atomic E-state index is 11.6. The van der Waals surface area contributed by atoms with Crippen LogP contribution in [-0.2, 0) is 11.2 Å². The van der Waals surface area contributed by atoms with Gasteiger partial charge in [-0.05, 0) is 43.6 Å². The molecule has 7 nitrogen and oxygen atoms in total. The monoisotopic (exact) mass is 463 g/mol. The van der Waals surface area contributed by atoms with E-state index in [1.54, 1.807) is 0 Å².